The number of benzene rings is 1. The maximum absolute atomic E-state index is 12.0. The van der Waals surface area contributed by atoms with Crippen LogP contribution in [-0.4, -0.2) is 9.46 Å². The fraction of sp³-hybridized carbons (Fsp3) is 0.500. The topological polar surface area (TPSA) is 43.1 Å². The van der Waals surface area contributed by atoms with Gasteiger partial charge in [-0.3, -0.25) is 4.21 Å². The Morgan fingerprint density at radius 3 is 2.50 bits per heavy atom. The van der Waals surface area contributed by atoms with Crippen molar-refractivity contribution in [2.45, 2.75) is 31.8 Å². The van der Waals surface area contributed by atoms with Crippen LogP contribution in [0.1, 0.15) is 26.3 Å². The van der Waals surface area contributed by atoms with Crippen molar-refractivity contribution in [2.75, 3.05) is 5.73 Å². The lowest BCUT2D eigenvalue weighted by Crippen LogP contribution is -2.18. The molecular weight excluding hydrogens is 242 g/mol. The number of anilines is 1. The second kappa shape index (κ2) is 5.69. The number of rotatable bonds is 4. The summed E-state index contributed by atoms with van der Waals surface area (Å²) >= 11 is 5.83. The molecule has 0 saturated carbocycles. The summed E-state index contributed by atoms with van der Waals surface area (Å²) in [6.07, 6.45) is 0. The van der Waals surface area contributed by atoms with E-state index in [4.69, 9.17) is 17.3 Å². The molecule has 0 aliphatic carbocycles. The van der Waals surface area contributed by atoms with Crippen molar-refractivity contribution < 1.29 is 4.21 Å². The minimum Gasteiger partial charge on any atom is -0.398 e. The first kappa shape index (κ1) is 13.5. The summed E-state index contributed by atoms with van der Waals surface area (Å²) in [6.45, 7) is 6.18. The molecule has 0 saturated heterocycles. The molecule has 1 aromatic rings. The Labute approximate surface area is 105 Å². The molecule has 0 spiro atoms. The monoisotopic (exact) mass is 259 g/mol. The van der Waals surface area contributed by atoms with Crippen molar-refractivity contribution in [2.24, 2.45) is 5.92 Å². The first-order valence-corrected chi connectivity index (χ1v) is 7.09. The molecule has 90 valence electrons. The van der Waals surface area contributed by atoms with Crippen LogP contribution in [0.15, 0.2) is 18.2 Å². The molecule has 0 radical (unpaired) electrons. The Bertz CT molecular complexity index is 393. The smallest absolute Gasteiger partial charge is 0.0635 e. The molecule has 0 aromatic heterocycles. The van der Waals surface area contributed by atoms with Gasteiger partial charge in [-0.15, -0.1) is 0 Å². The highest BCUT2D eigenvalue weighted by Crippen LogP contribution is 2.21. The molecular formula is C12H18ClNOS. The fourth-order valence-corrected chi connectivity index (χ4v) is 2.78. The SMILES string of the molecule is CC(C)C(C)S(=O)Cc1ccc(Cl)c(N)c1. The van der Waals surface area contributed by atoms with Crippen LogP contribution in [0.5, 0.6) is 0 Å². The van der Waals surface area contributed by atoms with Gasteiger partial charge in [0.2, 0.25) is 0 Å². The maximum atomic E-state index is 12.0. The van der Waals surface area contributed by atoms with Gasteiger partial charge in [-0.2, -0.15) is 0 Å². The largest absolute Gasteiger partial charge is 0.398 e. The van der Waals surface area contributed by atoms with Crippen molar-refractivity contribution in [1.29, 1.82) is 0 Å². The van der Waals surface area contributed by atoms with Gasteiger partial charge in [-0.05, 0) is 23.6 Å². The van der Waals surface area contributed by atoms with Gasteiger partial charge >= 0.3 is 0 Å². The highest BCUT2D eigenvalue weighted by molar-refractivity contribution is 7.84. The van der Waals surface area contributed by atoms with Gasteiger partial charge in [-0.25, -0.2) is 0 Å². The van der Waals surface area contributed by atoms with Gasteiger partial charge in [-0.1, -0.05) is 38.4 Å². The summed E-state index contributed by atoms with van der Waals surface area (Å²) in [5, 5.41) is 0.739. The molecule has 2 nitrogen and oxygen atoms in total. The molecule has 1 rings (SSSR count). The lowest BCUT2D eigenvalue weighted by molar-refractivity contribution is 0.605. The molecule has 0 heterocycles. The Morgan fingerprint density at radius 1 is 1.38 bits per heavy atom. The normalized spacial score (nSPS) is 15.1. The summed E-state index contributed by atoms with van der Waals surface area (Å²) in [4.78, 5) is 0. The van der Waals surface area contributed by atoms with Gasteiger partial charge in [0.05, 0.1) is 10.7 Å². The fourth-order valence-electron chi connectivity index (χ4n) is 1.28. The third-order valence-electron chi connectivity index (χ3n) is 2.72. The average Bonchev–Trinajstić information content (AvgIpc) is 2.22. The highest BCUT2D eigenvalue weighted by atomic mass is 35.5. The summed E-state index contributed by atoms with van der Waals surface area (Å²) in [5.41, 5.74) is 7.23. The first-order valence-electron chi connectivity index (χ1n) is 5.33. The molecule has 2 N–H and O–H groups in total. The van der Waals surface area contributed by atoms with Gasteiger partial charge in [0.15, 0.2) is 0 Å². The number of hydrogen-bond acceptors (Lipinski definition) is 2. The zero-order chi connectivity index (χ0) is 12.3. The molecule has 0 aliphatic heterocycles. The molecule has 0 bridgehead atoms. The van der Waals surface area contributed by atoms with Gasteiger partial charge in [0.25, 0.3) is 0 Å². The van der Waals surface area contributed by atoms with Crippen LogP contribution < -0.4 is 5.73 Å². The Balaban J connectivity index is 2.74. The summed E-state index contributed by atoms with van der Waals surface area (Å²) in [5.74, 6) is 0.964. The van der Waals surface area contributed by atoms with Crippen LogP contribution in [0.2, 0.25) is 5.02 Å². The molecule has 2 atom stereocenters. The summed E-state index contributed by atoms with van der Waals surface area (Å²) in [6, 6.07) is 5.43. The molecule has 2 unspecified atom stereocenters. The third kappa shape index (κ3) is 3.49. The molecule has 4 heteroatoms. The number of nitrogen functional groups attached to an aromatic ring is 1. The lowest BCUT2D eigenvalue weighted by Gasteiger charge is -2.15. The first-order chi connectivity index (χ1) is 7.41. The van der Waals surface area contributed by atoms with Crippen molar-refractivity contribution in [3.8, 4) is 0 Å². The van der Waals surface area contributed by atoms with Crippen molar-refractivity contribution >= 4 is 28.1 Å². The quantitative estimate of drug-likeness (QED) is 0.844. The van der Waals surface area contributed by atoms with Crippen LogP contribution in [0.25, 0.3) is 0 Å². The number of halogens is 1. The zero-order valence-electron chi connectivity index (χ0n) is 9.87. The van der Waals surface area contributed by atoms with E-state index >= 15 is 0 Å². The highest BCUT2D eigenvalue weighted by Gasteiger charge is 2.15. The van der Waals surface area contributed by atoms with Crippen LogP contribution in [0, 0.1) is 5.92 Å². The van der Waals surface area contributed by atoms with Crippen molar-refractivity contribution in [3.05, 3.63) is 28.8 Å². The molecule has 1 aromatic carbocycles. The van der Waals surface area contributed by atoms with Crippen LogP contribution in [-0.2, 0) is 16.6 Å². The second-order valence-electron chi connectivity index (χ2n) is 4.33. The standard InChI is InChI=1S/C12H18ClNOS/c1-8(2)9(3)16(15)7-10-4-5-11(13)12(14)6-10/h4-6,8-9H,7,14H2,1-3H3. The number of hydrogen-bond donors (Lipinski definition) is 1. The minimum atomic E-state index is -0.859. The van der Waals surface area contributed by atoms with Crippen LogP contribution in [0.4, 0.5) is 5.69 Å². The van der Waals surface area contributed by atoms with E-state index in [-0.39, 0.29) is 5.25 Å². The van der Waals surface area contributed by atoms with E-state index in [1.165, 1.54) is 0 Å². The van der Waals surface area contributed by atoms with E-state index in [1.807, 2.05) is 13.0 Å². The van der Waals surface area contributed by atoms with E-state index in [9.17, 15) is 4.21 Å². The second-order valence-corrected chi connectivity index (χ2v) is 6.53. The van der Waals surface area contributed by atoms with E-state index in [0.29, 0.717) is 22.4 Å². The Hall–Kier alpha value is -0.540. The predicted molar refractivity (Wildman–Crippen MR) is 72.0 cm³/mol. The third-order valence-corrected chi connectivity index (χ3v) is 5.06. The zero-order valence-corrected chi connectivity index (χ0v) is 11.4. The van der Waals surface area contributed by atoms with Gasteiger partial charge in [0, 0.05) is 21.8 Å². The van der Waals surface area contributed by atoms with Crippen LogP contribution in [0.3, 0.4) is 0 Å². The average molecular weight is 260 g/mol. The van der Waals surface area contributed by atoms with E-state index in [1.54, 1.807) is 12.1 Å². The lowest BCUT2D eigenvalue weighted by atomic mass is 10.2. The van der Waals surface area contributed by atoms with Crippen molar-refractivity contribution in [3.63, 3.8) is 0 Å². The summed E-state index contributed by atoms with van der Waals surface area (Å²) < 4.78 is 12.0. The van der Waals surface area contributed by atoms with E-state index < -0.39 is 10.8 Å². The molecule has 0 amide bonds. The van der Waals surface area contributed by atoms with Crippen molar-refractivity contribution in [1.82, 2.24) is 0 Å². The van der Waals surface area contributed by atoms with Gasteiger partial charge in [0.1, 0.15) is 0 Å². The van der Waals surface area contributed by atoms with Crippen LogP contribution >= 0.6 is 11.6 Å². The molecule has 0 aliphatic rings. The van der Waals surface area contributed by atoms with E-state index in [2.05, 4.69) is 13.8 Å². The maximum Gasteiger partial charge on any atom is 0.0635 e. The number of nitrogens with two attached hydrogens (primary N) is 1. The Morgan fingerprint density at radius 2 is 2.00 bits per heavy atom. The molecule has 0 fully saturated rings. The minimum absolute atomic E-state index is 0.192. The van der Waals surface area contributed by atoms with E-state index in [0.717, 1.165) is 5.56 Å². The Kier molecular flexibility index (Phi) is 4.81. The summed E-state index contributed by atoms with van der Waals surface area (Å²) in [7, 11) is -0.859. The molecule has 16 heavy (non-hydrogen) atoms. The van der Waals surface area contributed by atoms with Gasteiger partial charge < -0.3 is 5.73 Å². The predicted octanol–water partition coefficient (Wildman–Crippen LogP) is 3.22.